The Morgan fingerprint density at radius 2 is 1.79 bits per heavy atom. The number of carbonyl (C=O) groups excluding carboxylic acids is 2. The Kier molecular flexibility index (Phi) is 6.48. The summed E-state index contributed by atoms with van der Waals surface area (Å²) in [5.41, 5.74) is -1.19. The summed E-state index contributed by atoms with van der Waals surface area (Å²) in [5, 5.41) is 43.8. The molecule has 4 N–H and O–H groups in total. The number of fused-ring (bicyclic) bond motifs is 5. The van der Waals surface area contributed by atoms with Crippen LogP contribution < -0.4 is 0 Å². The minimum atomic E-state index is -1.10. The van der Waals surface area contributed by atoms with E-state index in [1.54, 1.807) is 6.08 Å². The Bertz CT molecular complexity index is 823. The number of rotatable bonds is 6. The van der Waals surface area contributed by atoms with Crippen LogP contribution in [0, 0.1) is 40.4 Å². The van der Waals surface area contributed by atoms with Gasteiger partial charge in [0.1, 0.15) is 6.29 Å². The van der Waals surface area contributed by atoms with Gasteiger partial charge in [-0.2, -0.15) is 0 Å². The Labute approximate surface area is 197 Å². The average molecular weight is 463 g/mol. The summed E-state index contributed by atoms with van der Waals surface area (Å²) in [7, 11) is 0. The summed E-state index contributed by atoms with van der Waals surface area (Å²) in [5.74, 6) is -0.329. The first-order valence-corrected chi connectivity index (χ1v) is 12.9. The van der Waals surface area contributed by atoms with E-state index < -0.39 is 34.7 Å². The maximum atomic E-state index is 13.2. The molecule has 4 rings (SSSR count). The molecule has 0 spiro atoms. The third-order valence-corrected chi connectivity index (χ3v) is 10.6. The van der Waals surface area contributed by atoms with E-state index in [1.165, 1.54) is 0 Å². The summed E-state index contributed by atoms with van der Waals surface area (Å²) in [6.07, 6.45) is 5.19. The molecular weight excluding hydrogens is 420 g/mol. The first kappa shape index (κ1) is 25.0. The second-order valence-corrected chi connectivity index (χ2v) is 12.3. The highest BCUT2D eigenvalue weighted by Gasteiger charge is 2.67. The molecule has 3 fully saturated rings. The summed E-state index contributed by atoms with van der Waals surface area (Å²) >= 11 is 0. The van der Waals surface area contributed by atoms with E-state index in [-0.39, 0.29) is 41.8 Å². The van der Waals surface area contributed by atoms with Crippen molar-refractivity contribution in [3.8, 4) is 0 Å². The highest BCUT2D eigenvalue weighted by atomic mass is 16.3. The zero-order valence-corrected chi connectivity index (χ0v) is 20.5. The molecule has 1 unspecified atom stereocenters. The molecule has 0 aromatic carbocycles. The summed E-state index contributed by atoms with van der Waals surface area (Å²) in [4.78, 5) is 24.2. The summed E-state index contributed by atoms with van der Waals surface area (Å²) < 4.78 is 0. The van der Waals surface area contributed by atoms with Crippen LogP contribution in [-0.4, -0.2) is 56.4 Å². The quantitative estimate of drug-likeness (QED) is 0.451. The third-order valence-electron chi connectivity index (χ3n) is 10.6. The molecule has 186 valence electrons. The minimum Gasteiger partial charge on any atom is -0.393 e. The van der Waals surface area contributed by atoms with E-state index in [0.717, 1.165) is 31.1 Å². The predicted octanol–water partition coefficient (Wildman–Crippen LogP) is 2.80. The van der Waals surface area contributed by atoms with E-state index >= 15 is 0 Å². The Morgan fingerprint density at radius 3 is 2.45 bits per heavy atom. The molecular formula is C27H42O6. The van der Waals surface area contributed by atoms with Crippen molar-refractivity contribution < 1.29 is 30.0 Å². The molecule has 0 bridgehead atoms. The van der Waals surface area contributed by atoms with Crippen molar-refractivity contribution in [3.63, 3.8) is 0 Å². The fourth-order valence-corrected chi connectivity index (χ4v) is 8.29. The highest BCUT2D eigenvalue weighted by Crippen LogP contribution is 2.68. The van der Waals surface area contributed by atoms with Gasteiger partial charge in [0.15, 0.2) is 5.78 Å². The predicted molar refractivity (Wildman–Crippen MR) is 124 cm³/mol. The lowest BCUT2D eigenvalue weighted by Gasteiger charge is -2.60. The van der Waals surface area contributed by atoms with Crippen LogP contribution in [0.3, 0.4) is 0 Å². The second kappa shape index (κ2) is 8.54. The van der Waals surface area contributed by atoms with E-state index in [0.29, 0.717) is 25.7 Å². The normalized spacial score (nSPS) is 47.6. The molecule has 0 aliphatic heterocycles. The first-order valence-electron chi connectivity index (χ1n) is 12.9. The Morgan fingerprint density at radius 1 is 1.09 bits per heavy atom. The summed E-state index contributed by atoms with van der Waals surface area (Å²) in [6.45, 7) is 8.10. The van der Waals surface area contributed by atoms with Gasteiger partial charge in [0.05, 0.1) is 23.9 Å². The molecule has 4 aliphatic carbocycles. The first-order chi connectivity index (χ1) is 15.4. The van der Waals surface area contributed by atoms with Crippen molar-refractivity contribution in [3.05, 3.63) is 11.6 Å². The maximum absolute atomic E-state index is 13.2. The van der Waals surface area contributed by atoms with Gasteiger partial charge < -0.3 is 25.2 Å². The largest absolute Gasteiger partial charge is 0.393 e. The second-order valence-electron chi connectivity index (χ2n) is 12.3. The van der Waals surface area contributed by atoms with E-state index in [2.05, 4.69) is 20.8 Å². The lowest BCUT2D eigenvalue weighted by Crippen LogP contribution is -2.61. The third kappa shape index (κ3) is 3.67. The minimum absolute atomic E-state index is 0.00726. The number of hydrogen-bond donors (Lipinski definition) is 4. The molecule has 6 nitrogen and oxygen atoms in total. The number of aliphatic hydroxyl groups is 4. The molecule has 33 heavy (non-hydrogen) atoms. The fraction of sp³-hybridized carbons (Fsp3) is 0.852. The topological polar surface area (TPSA) is 115 Å². The molecule has 3 saturated carbocycles. The molecule has 0 saturated heterocycles. The van der Waals surface area contributed by atoms with Crippen LogP contribution in [-0.2, 0) is 9.59 Å². The average Bonchev–Trinajstić information content (AvgIpc) is 3.05. The van der Waals surface area contributed by atoms with Crippen LogP contribution in [0.4, 0.5) is 0 Å². The van der Waals surface area contributed by atoms with Gasteiger partial charge in [0.25, 0.3) is 0 Å². The molecule has 0 aromatic rings. The molecule has 0 aromatic heterocycles. The van der Waals surface area contributed by atoms with Crippen molar-refractivity contribution in [1.82, 2.24) is 0 Å². The van der Waals surface area contributed by atoms with Crippen molar-refractivity contribution in [2.45, 2.75) is 103 Å². The molecule has 11 atom stereocenters. The number of aliphatic hydroxyl groups excluding tert-OH is 3. The van der Waals surface area contributed by atoms with Gasteiger partial charge in [0.2, 0.25) is 0 Å². The van der Waals surface area contributed by atoms with Crippen molar-refractivity contribution in [2.24, 2.45) is 40.4 Å². The molecule has 0 radical (unpaired) electrons. The van der Waals surface area contributed by atoms with Gasteiger partial charge in [0, 0.05) is 17.3 Å². The number of hydrogen-bond acceptors (Lipinski definition) is 6. The van der Waals surface area contributed by atoms with E-state index in [9.17, 15) is 30.0 Å². The van der Waals surface area contributed by atoms with Crippen molar-refractivity contribution in [2.75, 3.05) is 0 Å². The number of allylic oxidation sites excluding steroid dienone is 1. The van der Waals surface area contributed by atoms with Crippen LogP contribution in [0.15, 0.2) is 11.6 Å². The standard InChI is InChI=1S/C27H42O6/c1-15(14-28)5-6-21(29)16(2)17-8-10-27(33)19-11-22(30)20-12-23(31)24(32)13-25(20,3)18(19)7-9-26(17,27)4/h11,14-18,20-21,23-24,29,31-33H,5-10,12-13H2,1-4H3/t15?,16-,17+,18-,20-,21+,23+,24-,25+,26+,27+/m0/s1. The fourth-order valence-electron chi connectivity index (χ4n) is 8.29. The van der Waals surface area contributed by atoms with E-state index in [1.807, 2.05) is 6.92 Å². The van der Waals surface area contributed by atoms with Gasteiger partial charge in [-0.1, -0.05) is 27.7 Å². The number of carbonyl (C=O) groups is 2. The molecule has 0 amide bonds. The van der Waals surface area contributed by atoms with Gasteiger partial charge in [-0.15, -0.1) is 0 Å². The van der Waals surface area contributed by atoms with Crippen molar-refractivity contribution in [1.29, 1.82) is 0 Å². The zero-order valence-electron chi connectivity index (χ0n) is 20.5. The number of aldehydes is 1. The van der Waals surface area contributed by atoms with Crippen LogP contribution >= 0.6 is 0 Å². The summed E-state index contributed by atoms with van der Waals surface area (Å²) in [6, 6.07) is 0. The van der Waals surface area contributed by atoms with Gasteiger partial charge in [-0.05, 0) is 86.2 Å². The van der Waals surface area contributed by atoms with E-state index in [4.69, 9.17) is 0 Å². The molecule has 0 heterocycles. The van der Waals surface area contributed by atoms with Crippen LogP contribution in [0.5, 0.6) is 0 Å². The Balaban J connectivity index is 1.62. The van der Waals surface area contributed by atoms with Crippen LogP contribution in [0.25, 0.3) is 0 Å². The smallest absolute Gasteiger partial charge is 0.159 e. The van der Waals surface area contributed by atoms with Crippen molar-refractivity contribution >= 4 is 12.1 Å². The highest BCUT2D eigenvalue weighted by molar-refractivity contribution is 5.95. The monoisotopic (exact) mass is 462 g/mol. The zero-order chi connectivity index (χ0) is 24.3. The molecule has 6 heteroatoms. The number of ketones is 1. The molecule has 4 aliphatic rings. The van der Waals surface area contributed by atoms with Gasteiger partial charge in [-0.3, -0.25) is 4.79 Å². The van der Waals surface area contributed by atoms with Gasteiger partial charge in [-0.25, -0.2) is 0 Å². The lowest BCUT2D eigenvalue weighted by molar-refractivity contribution is -0.154. The Hall–Kier alpha value is -1.08. The maximum Gasteiger partial charge on any atom is 0.159 e. The van der Waals surface area contributed by atoms with Crippen LogP contribution in [0.2, 0.25) is 0 Å². The lowest BCUT2D eigenvalue weighted by atomic mass is 9.46. The SMILES string of the molecule is CC(C=O)CC[C@@H](O)[C@@H](C)[C@H]1CC[C@@]2(O)C3=CC(=O)[C@@H]4C[C@@H](O)[C@@H](O)C[C@]4(C)[C@H]3CC[C@]12C. The van der Waals surface area contributed by atoms with Gasteiger partial charge >= 0.3 is 0 Å². The van der Waals surface area contributed by atoms with Crippen LogP contribution in [0.1, 0.15) is 79.1 Å².